The number of hydrogen-bond donors (Lipinski definition) is 1. The van der Waals surface area contributed by atoms with Gasteiger partial charge in [0.2, 0.25) is 0 Å². The third-order valence-electron chi connectivity index (χ3n) is 1.79. The number of methoxy groups -OCH3 is 1. The number of benzene rings is 1. The van der Waals surface area contributed by atoms with E-state index in [9.17, 15) is 0 Å². The predicted molar refractivity (Wildman–Crippen MR) is 62.2 cm³/mol. The topological polar surface area (TPSA) is 35.2 Å². The Hall–Kier alpha value is -0.730. The molecule has 0 bridgehead atoms. The first-order valence-corrected chi connectivity index (χ1v) is 4.43. The lowest BCUT2D eigenvalue weighted by Gasteiger charge is -2.18. The fourth-order valence-corrected chi connectivity index (χ4v) is 1.31. The van der Waals surface area contributed by atoms with Crippen LogP contribution in [0.2, 0.25) is 0 Å². The largest absolute Gasteiger partial charge is 0.497 e. The van der Waals surface area contributed by atoms with Gasteiger partial charge in [0.15, 0.2) is 0 Å². The van der Waals surface area contributed by atoms with E-state index >= 15 is 0 Å². The molecular formula is C11H18ClNO. The molecule has 14 heavy (non-hydrogen) atoms. The van der Waals surface area contributed by atoms with Gasteiger partial charge >= 0.3 is 0 Å². The van der Waals surface area contributed by atoms with Crippen LogP contribution in [0.1, 0.15) is 19.4 Å². The minimum atomic E-state index is -0.160. The summed E-state index contributed by atoms with van der Waals surface area (Å²) in [6.07, 6.45) is 0.865. The van der Waals surface area contributed by atoms with Crippen molar-refractivity contribution in [2.45, 2.75) is 25.8 Å². The van der Waals surface area contributed by atoms with Crippen LogP contribution in [0, 0.1) is 0 Å². The maximum absolute atomic E-state index is 5.92. The van der Waals surface area contributed by atoms with Crippen molar-refractivity contribution in [1.29, 1.82) is 0 Å². The van der Waals surface area contributed by atoms with Crippen LogP contribution >= 0.6 is 12.4 Å². The zero-order valence-corrected chi connectivity index (χ0v) is 9.73. The van der Waals surface area contributed by atoms with Gasteiger partial charge in [-0.25, -0.2) is 0 Å². The molecule has 0 aliphatic carbocycles. The molecule has 0 heterocycles. The van der Waals surface area contributed by atoms with E-state index in [4.69, 9.17) is 10.5 Å². The summed E-state index contributed by atoms with van der Waals surface area (Å²) >= 11 is 0. The highest BCUT2D eigenvalue weighted by atomic mass is 35.5. The summed E-state index contributed by atoms with van der Waals surface area (Å²) in [7, 11) is 1.67. The molecular weight excluding hydrogens is 198 g/mol. The molecule has 0 saturated heterocycles. The minimum absolute atomic E-state index is 0. The normalized spacial score (nSPS) is 10.6. The predicted octanol–water partition coefficient (Wildman–Crippen LogP) is 2.40. The summed E-state index contributed by atoms with van der Waals surface area (Å²) in [6, 6.07) is 8.01. The number of ether oxygens (including phenoxy) is 1. The average molecular weight is 216 g/mol. The third kappa shape index (κ3) is 4.49. The second-order valence-corrected chi connectivity index (χ2v) is 4.02. The Morgan fingerprint density at radius 3 is 2.50 bits per heavy atom. The van der Waals surface area contributed by atoms with Gasteiger partial charge in [0, 0.05) is 5.54 Å². The van der Waals surface area contributed by atoms with Gasteiger partial charge in [-0.3, -0.25) is 0 Å². The zero-order chi connectivity index (χ0) is 9.90. The van der Waals surface area contributed by atoms with Crippen molar-refractivity contribution < 1.29 is 4.74 Å². The van der Waals surface area contributed by atoms with Crippen LogP contribution < -0.4 is 10.5 Å². The van der Waals surface area contributed by atoms with Gasteiger partial charge in [0.25, 0.3) is 0 Å². The molecule has 0 fully saturated rings. The Labute approximate surface area is 91.9 Å². The van der Waals surface area contributed by atoms with Gasteiger partial charge in [-0.15, -0.1) is 12.4 Å². The molecule has 0 aromatic heterocycles. The fraction of sp³-hybridized carbons (Fsp3) is 0.455. The van der Waals surface area contributed by atoms with E-state index in [2.05, 4.69) is 6.07 Å². The van der Waals surface area contributed by atoms with Crippen molar-refractivity contribution >= 4 is 12.4 Å². The Bertz CT molecular complexity index is 281. The van der Waals surface area contributed by atoms with Crippen LogP contribution in [0.15, 0.2) is 24.3 Å². The second kappa shape index (κ2) is 5.23. The van der Waals surface area contributed by atoms with E-state index in [1.165, 1.54) is 5.56 Å². The van der Waals surface area contributed by atoms with E-state index in [0.717, 1.165) is 12.2 Å². The molecule has 0 radical (unpaired) electrons. The molecule has 0 aliphatic heterocycles. The van der Waals surface area contributed by atoms with Crippen LogP contribution in [-0.2, 0) is 6.42 Å². The lowest BCUT2D eigenvalue weighted by atomic mass is 9.96. The smallest absolute Gasteiger partial charge is 0.119 e. The first-order chi connectivity index (χ1) is 6.01. The standard InChI is InChI=1S/C11H17NO.ClH/c1-11(2,12)8-9-5-4-6-10(7-9)13-3;/h4-7H,8,12H2,1-3H3;1H. The summed E-state index contributed by atoms with van der Waals surface area (Å²) < 4.78 is 5.13. The monoisotopic (exact) mass is 215 g/mol. The molecule has 80 valence electrons. The molecule has 0 unspecified atom stereocenters. The number of hydrogen-bond acceptors (Lipinski definition) is 2. The zero-order valence-electron chi connectivity index (χ0n) is 8.91. The van der Waals surface area contributed by atoms with Gasteiger partial charge in [-0.2, -0.15) is 0 Å². The summed E-state index contributed by atoms with van der Waals surface area (Å²) in [5, 5.41) is 0. The van der Waals surface area contributed by atoms with Crippen molar-refractivity contribution in [2.24, 2.45) is 5.73 Å². The molecule has 1 aromatic rings. The molecule has 0 saturated carbocycles. The molecule has 0 spiro atoms. The number of halogens is 1. The van der Waals surface area contributed by atoms with Crippen LogP contribution in [0.4, 0.5) is 0 Å². The molecule has 0 aliphatic rings. The van der Waals surface area contributed by atoms with Gasteiger partial charge in [0.1, 0.15) is 5.75 Å². The fourth-order valence-electron chi connectivity index (χ4n) is 1.31. The van der Waals surface area contributed by atoms with Crippen LogP contribution in [-0.4, -0.2) is 12.6 Å². The molecule has 3 heteroatoms. The van der Waals surface area contributed by atoms with Crippen molar-refractivity contribution in [3.05, 3.63) is 29.8 Å². The highest BCUT2D eigenvalue weighted by molar-refractivity contribution is 5.85. The van der Waals surface area contributed by atoms with Crippen LogP contribution in [0.3, 0.4) is 0 Å². The van der Waals surface area contributed by atoms with Crippen molar-refractivity contribution in [3.8, 4) is 5.75 Å². The summed E-state index contributed by atoms with van der Waals surface area (Å²) in [5.41, 5.74) is 6.97. The first-order valence-electron chi connectivity index (χ1n) is 4.43. The molecule has 1 rings (SSSR count). The van der Waals surface area contributed by atoms with Crippen molar-refractivity contribution in [2.75, 3.05) is 7.11 Å². The molecule has 0 amide bonds. The van der Waals surface area contributed by atoms with Crippen molar-refractivity contribution in [3.63, 3.8) is 0 Å². The maximum Gasteiger partial charge on any atom is 0.119 e. The average Bonchev–Trinajstić information content (AvgIpc) is 2.01. The van der Waals surface area contributed by atoms with Crippen LogP contribution in [0.25, 0.3) is 0 Å². The number of rotatable bonds is 3. The lowest BCUT2D eigenvalue weighted by molar-refractivity contribution is 0.413. The first kappa shape index (κ1) is 13.3. The maximum atomic E-state index is 5.92. The third-order valence-corrected chi connectivity index (χ3v) is 1.79. The van der Waals surface area contributed by atoms with Gasteiger partial charge in [-0.05, 0) is 38.0 Å². The van der Waals surface area contributed by atoms with E-state index in [1.54, 1.807) is 7.11 Å². The Balaban J connectivity index is 0.00000169. The van der Waals surface area contributed by atoms with E-state index in [1.807, 2.05) is 32.0 Å². The summed E-state index contributed by atoms with van der Waals surface area (Å²) in [4.78, 5) is 0. The highest BCUT2D eigenvalue weighted by Crippen LogP contribution is 2.16. The highest BCUT2D eigenvalue weighted by Gasteiger charge is 2.11. The summed E-state index contributed by atoms with van der Waals surface area (Å²) in [6.45, 7) is 4.04. The SMILES string of the molecule is COc1cccc(CC(C)(C)N)c1.Cl. The molecule has 0 atom stereocenters. The van der Waals surface area contributed by atoms with Crippen molar-refractivity contribution in [1.82, 2.24) is 0 Å². The lowest BCUT2D eigenvalue weighted by Crippen LogP contribution is -2.34. The van der Waals surface area contributed by atoms with E-state index in [-0.39, 0.29) is 17.9 Å². The van der Waals surface area contributed by atoms with E-state index < -0.39 is 0 Å². The molecule has 1 aromatic carbocycles. The van der Waals surface area contributed by atoms with Gasteiger partial charge in [0.05, 0.1) is 7.11 Å². The van der Waals surface area contributed by atoms with Gasteiger partial charge in [-0.1, -0.05) is 12.1 Å². The number of nitrogens with two attached hydrogens (primary N) is 1. The molecule has 2 N–H and O–H groups in total. The summed E-state index contributed by atoms with van der Waals surface area (Å²) in [5.74, 6) is 0.891. The second-order valence-electron chi connectivity index (χ2n) is 4.02. The Kier molecular flexibility index (Phi) is 4.95. The van der Waals surface area contributed by atoms with E-state index in [0.29, 0.717) is 0 Å². The van der Waals surface area contributed by atoms with Crippen LogP contribution in [0.5, 0.6) is 5.75 Å². The minimum Gasteiger partial charge on any atom is -0.497 e. The Morgan fingerprint density at radius 1 is 1.36 bits per heavy atom. The quantitative estimate of drug-likeness (QED) is 0.841. The molecule has 2 nitrogen and oxygen atoms in total. The van der Waals surface area contributed by atoms with Gasteiger partial charge < -0.3 is 10.5 Å². The Morgan fingerprint density at radius 2 is 2.00 bits per heavy atom.